The fourth-order valence-corrected chi connectivity index (χ4v) is 2.57. The van der Waals surface area contributed by atoms with Crippen LogP contribution in [-0.2, 0) is 10.0 Å². The van der Waals surface area contributed by atoms with Gasteiger partial charge in [-0.1, -0.05) is 6.08 Å². The Bertz CT molecular complexity index is 713. The first kappa shape index (κ1) is 15.0. The molecule has 0 aliphatic rings. The molecule has 0 radical (unpaired) electrons. The highest BCUT2D eigenvalue weighted by atomic mass is 32.2. The van der Waals surface area contributed by atoms with Gasteiger partial charge in [0.1, 0.15) is 11.6 Å². The molecule has 2 aromatic rings. The van der Waals surface area contributed by atoms with Gasteiger partial charge in [0.15, 0.2) is 0 Å². The Morgan fingerprint density at radius 2 is 1.90 bits per heavy atom. The number of rotatable bonds is 6. The van der Waals surface area contributed by atoms with Crippen molar-refractivity contribution < 1.29 is 12.8 Å². The molecule has 0 saturated heterocycles. The standard InChI is InChI=1S/C14H14FN3O2S/c1-2-9-16-12-5-8-14(17-10-12)18-21(19,20)13-6-3-11(15)4-7-13/h2-8,10,16H,1,9H2,(H,17,18). The second-order valence-corrected chi connectivity index (χ2v) is 5.84. The molecule has 1 aromatic carbocycles. The molecule has 21 heavy (non-hydrogen) atoms. The van der Waals surface area contributed by atoms with Crippen LogP contribution in [0.3, 0.4) is 0 Å². The van der Waals surface area contributed by atoms with Gasteiger partial charge in [0.25, 0.3) is 10.0 Å². The molecule has 0 atom stereocenters. The van der Waals surface area contributed by atoms with Gasteiger partial charge in [0.05, 0.1) is 16.8 Å². The lowest BCUT2D eigenvalue weighted by Gasteiger charge is -2.08. The Labute approximate surface area is 122 Å². The van der Waals surface area contributed by atoms with E-state index in [0.717, 1.165) is 17.8 Å². The van der Waals surface area contributed by atoms with E-state index in [9.17, 15) is 12.8 Å². The third-order valence-electron chi connectivity index (χ3n) is 2.58. The molecule has 0 fully saturated rings. The maximum absolute atomic E-state index is 12.8. The molecule has 0 aliphatic carbocycles. The van der Waals surface area contributed by atoms with E-state index in [0.29, 0.717) is 6.54 Å². The van der Waals surface area contributed by atoms with E-state index >= 15 is 0 Å². The Morgan fingerprint density at radius 3 is 2.48 bits per heavy atom. The zero-order chi connectivity index (χ0) is 15.3. The molecule has 7 heteroatoms. The average molecular weight is 307 g/mol. The smallest absolute Gasteiger partial charge is 0.263 e. The van der Waals surface area contributed by atoms with Crippen molar-refractivity contribution in [2.45, 2.75) is 4.90 Å². The van der Waals surface area contributed by atoms with Crippen molar-refractivity contribution in [1.29, 1.82) is 0 Å². The van der Waals surface area contributed by atoms with Gasteiger partial charge in [-0.2, -0.15) is 0 Å². The maximum atomic E-state index is 12.8. The third kappa shape index (κ3) is 4.03. The summed E-state index contributed by atoms with van der Waals surface area (Å²) in [5, 5.41) is 3.02. The van der Waals surface area contributed by atoms with Crippen LogP contribution in [0, 0.1) is 5.82 Å². The largest absolute Gasteiger partial charge is 0.380 e. The van der Waals surface area contributed by atoms with Crippen LogP contribution < -0.4 is 10.0 Å². The summed E-state index contributed by atoms with van der Waals surface area (Å²) in [6.45, 7) is 4.17. The van der Waals surface area contributed by atoms with E-state index in [-0.39, 0.29) is 10.7 Å². The molecule has 1 aromatic heterocycles. The Hall–Kier alpha value is -2.41. The van der Waals surface area contributed by atoms with Crippen molar-refractivity contribution in [2.75, 3.05) is 16.6 Å². The fraction of sp³-hybridized carbons (Fsp3) is 0.0714. The Morgan fingerprint density at radius 1 is 1.19 bits per heavy atom. The number of hydrogen-bond acceptors (Lipinski definition) is 4. The Kier molecular flexibility index (Phi) is 4.54. The molecule has 2 rings (SSSR count). The van der Waals surface area contributed by atoms with Crippen LogP contribution in [0.4, 0.5) is 15.9 Å². The van der Waals surface area contributed by atoms with Crippen LogP contribution in [0.1, 0.15) is 0 Å². The molecule has 0 unspecified atom stereocenters. The summed E-state index contributed by atoms with van der Waals surface area (Å²) in [5.74, 6) is -0.312. The fourth-order valence-electron chi connectivity index (χ4n) is 1.56. The van der Waals surface area contributed by atoms with Gasteiger partial charge >= 0.3 is 0 Å². The lowest BCUT2D eigenvalue weighted by Crippen LogP contribution is -2.14. The summed E-state index contributed by atoms with van der Waals surface area (Å²) in [7, 11) is -3.78. The maximum Gasteiger partial charge on any atom is 0.263 e. The minimum absolute atomic E-state index is 0.0282. The zero-order valence-corrected chi connectivity index (χ0v) is 11.9. The lowest BCUT2D eigenvalue weighted by molar-refractivity contribution is 0.599. The van der Waals surface area contributed by atoms with Crippen molar-refractivity contribution in [2.24, 2.45) is 0 Å². The van der Waals surface area contributed by atoms with Crippen LogP contribution in [0.15, 0.2) is 60.1 Å². The molecule has 1 heterocycles. The average Bonchev–Trinajstić information content (AvgIpc) is 2.47. The van der Waals surface area contributed by atoms with Crippen molar-refractivity contribution >= 4 is 21.5 Å². The van der Waals surface area contributed by atoms with Gasteiger partial charge in [-0.3, -0.25) is 4.72 Å². The van der Waals surface area contributed by atoms with E-state index in [4.69, 9.17) is 0 Å². The quantitative estimate of drug-likeness (QED) is 0.805. The summed E-state index contributed by atoms with van der Waals surface area (Å²) in [6.07, 6.45) is 3.21. The second-order valence-electron chi connectivity index (χ2n) is 4.16. The number of halogens is 1. The van der Waals surface area contributed by atoms with Crippen molar-refractivity contribution in [3.63, 3.8) is 0 Å². The molecule has 0 aliphatic heterocycles. The molecule has 0 bridgehead atoms. The van der Waals surface area contributed by atoms with E-state index in [1.165, 1.54) is 24.4 Å². The van der Waals surface area contributed by atoms with Crippen LogP contribution in [-0.4, -0.2) is 19.9 Å². The predicted octanol–water partition coefficient (Wildman–Crippen LogP) is 2.62. The second kappa shape index (κ2) is 6.36. The summed E-state index contributed by atoms with van der Waals surface area (Å²) < 4.78 is 39.3. The monoisotopic (exact) mass is 307 g/mol. The molecule has 5 nitrogen and oxygen atoms in total. The number of aromatic nitrogens is 1. The lowest BCUT2D eigenvalue weighted by atomic mass is 10.4. The van der Waals surface area contributed by atoms with Gasteiger partial charge in [-0.25, -0.2) is 17.8 Å². The van der Waals surface area contributed by atoms with E-state index in [1.54, 1.807) is 12.1 Å². The predicted molar refractivity (Wildman–Crippen MR) is 80.1 cm³/mol. The summed E-state index contributed by atoms with van der Waals surface area (Å²) in [4.78, 5) is 3.97. The molecule has 110 valence electrons. The number of nitrogens with zero attached hydrogens (tertiary/aromatic N) is 1. The normalized spacial score (nSPS) is 10.9. The summed E-state index contributed by atoms with van der Waals surface area (Å²) in [6, 6.07) is 7.79. The Balaban J connectivity index is 2.13. The minimum Gasteiger partial charge on any atom is -0.380 e. The van der Waals surface area contributed by atoms with Crippen molar-refractivity contribution in [3.8, 4) is 0 Å². The number of nitrogens with one attached hydrogen (secondary N) is 2. The van der Waals surface area contributed by atoms with Gasteiger partial charge in [-0.05, 0) is 36.4 Å². The highest BCUT2D eigenvalue weighted by molar-refractivity contribution is 7.92. The third-order valence-corrected chi connectivity index (χ3v) is 3.95. The summed E-state index contributed by atoms with van der Waals surface area (Å²) >= 11 is 0. The van der Waals surface area contributed by atoms with Crippen molar-refractivity contribution in [3.05, 3.63) is 61.1 Å². The molecule has 2 N–H and O–H groups in total. The highest BCUT2D eigenvalue weighted by Crippen LogP contribution is 2.16. The van der Waals surface area contributed by atoms with Crippen LogP contribution >= 0.6 is 0 Å². The number of sulfonamides is 1. The van der Waals surface area contributed by atoms with Crippen LogP contribution in [0.5, 0.6) is 0 Å². The van der Waals surface area contributed by atoms with Crippen molar-refractivity contribution in [1.82, 2.24) is 4.98 Å². The van der Waals surface area contributed by atoms with E-state index in [2.05, 4.69) is 21.6 Å². The SMILES string of the molecule is C=CCNc1ccc(NS(=O)(=O)c2ccc(F)cc2)nc1. The van der Waals surface area contributed by atoms with Crippen LogP contribution in [0.2, 0.25) is 0 Å². The van der Waals surface area contributed by atoms with Gasteiger partial charge in [0, 0.05) is 6.54 Å². The number of anilines is 2. The van der Waals surface area contributed by atoms with Gasteiger partial charge in [0.2, 0.25) is 0 Å². The van der Waals surface area contributed by atoms with Gasteiger partial charge < -0.3 is 5.32 Å². The summed E-state index contributed by atoms with van der Waals surface area (Å²) in [5.41, 5.74) is 0.750. The molecular formula is C14H14FN3O2S. The topological polar surface area (TPSA) is 71.1 Å². The van der Waals surface area contributed by atoms with Crippen LogP contribution in [0.25, 0.3) is 0 Å². The molecule has 0 saturated carbocycles. The number of benzene rings is 1. The molecule has 0 amide bonds. The zero-order valence-electron chi connectivity index (χ0n) is 11.1. The number of hydrogen-bond donors (Lipinski definition) is 2. The minimum atomic E-state index is -3.78. The van der Waals surface area contributed by atoms with E-state index < -0.39 is 15.8 Å². The first-order valence-electron chi connectivity index (χ1n) is 6.10. The molecular weight excluding hydrogens is 293 g/mol. The first-order valence-corrected chi connectivity index (χ1v) is 7.59. The van der Waals surface area contributed by atoms with Gasteiger partial charge in [-0.15, -0.1) is 6.58 Å². The first-order chi connectivity index (χ1) is 10.0. The molecule has 0 spiro atoms. The highest BCUT2D eigenvalue weighted by Gasteiger charge is 2.14. The number of pyridine rings is 1. The van der Waals surface area contributed by atoms with E-state index in [1.807, 2.05) is 0 Å².